The lowest BCUT2D eigenvalue weighted by Crippen LogP contribution is -2.45. The molecule has 4 aromatic rings. The molecule has 1 aliphatic rings. The zero-order valence-electron chi connectivity index (χ0n) is 21.5. The molecule has 198 valence electrons. The van der Waals surface area contributed by atoms with E-state index in [1.54, 1.807) is 35.8 Å². The van der Waals surface area contributed by atoms with Crippen LogP contribution in [0, 0.1) is 17.3 Å². The molecular weight excluding hydrogens is 496 g/mol. The number of nitrogens with one attached hydrogen (secondary N) is 2. The second-order valence-corrected chi connectivity index (χ2v) is 9.68. The number of amides is 1. The molecule has 1 aliphatic carbocycles. The standard InChI is InChI=1S/C29H28N6O4/c1-29(28(39)30-2)15-20(24(37)25(29)38)35-17-32-23-26(31-16-21(36)19-11-7-4-8-12-19)33-22(34-27(23)35)14-13-18-9-5-3-6-10-18/h3-12,17,20,24-25,37-38H,15-16H2,1-2H3,(H,30,39)(H,31,33,34). The molecule has 0 bridgehead atoms. The molecule has 2 heterocycles. The largest absolute Gasteiger partial charge is 0.389 e. The minimum atomic E-state index is -1.29. The highest BCUT2D eigenvalue weighted by atomic mass is 16.3. The van der Waals surface area contributed by atoms with E-state index in [9.17, 15) is 19.8 Å². The number of aliphatic hydroxyl groups is 2. The number of Topliss-reactive ketones (excluding diaryl/α,β-unsaturated/α-hetero) is 1. The van der Waals surface area contributed by atoms with Crippen molar-refractivity contribution in [2.45, 2.75) is 31.6 Å². The second kappa shape index (κ2) is 10.6. The van der Waals surface area contributed by atoms with Crippen LogP contribution in [0.25, 0.3) is 11.2 Å². The predicted molar refractivity (Wildman–Crippen MR) is 145 cm³/mol. The normalized spacial score (nSPS) is 22.2. The van der Waals surface area contributed by atoms with Gasteiger partial charge in [-0.3, -0.25) is 9.59 Å². The van der Waals surface area contributed by atoms with Crippen molar-refractivity contribution in [2.75, 3.05) is 18.9 Å². The van der Waals surface area contributed by atoms with E-state index in [2.05, 4.69) is 37.4 Å². The predicted octanol–water partition coefficient (Wildman–Crippen LogP) is 1.94. The van der Waals surface area contributed by atoms with Gasteiger partial charge in [-0.1, -0.05) is 54.5 Å². The van der Waals surface area contributed by atoms with Gasteiger partial charge in [0.1, 0.15) is 6.10 Å². The van der Waals surface area contributed by atoms with Crippen molar-refractivity contribution in [3.05, 3.63) is 83.9 Å². The summed E-state index contributed by atoms with van der Waals surface area (Å²) in [5, 5.41) is 27.4. The van der Waals surface area contributed by atoms with Crippen LogP contribution in [0.1, 0.15) is 41.1 Å². The highest BCUT2D eigenvalue weighted by molar-refractivity contribution is 5.99. The Hall–Kier alpha value is -4.59. The Bertz CT molecular complexity index is 1580. The Morgan fingerprint density at radius 2 is 1.74 bits per heavy atom. The Labute approximate surface area is 225 Å². The van der Waals surface area contributed by atoms with Gasteiger partial charge in [0.15, 0.2) is 22.8 Å². The number of aliphatic hydroxyl groups excluding tert-OH is 2. The molecular formula is C29H28N6O4. The third kappa shape index (κ3) is 4.97. The van der Waals surface area contributed by atoms with Gasteiger partial charge in [-0.25, -0.2) is 15.0 Å². The number of carbonyl (C=O) groups is 2. The molecule has 2 aromatic heterocycles. The second-order valence-electron chi connectivity index (χ2n) is 9.68. The number of benzene rings is 2. The molecule has 0 radical (unpaired) electrons. The van der Waals surface area contributed by atoms with E-state index in [-0.39, 0.29) is 30.5 Å². The van der Waals surface area contributed by atoms with Crippen LogP contribution in [-0.4, -0.2) is 67.2 Å². The lowest BCUT2D eigenvalue weighted by Gasteiger charge is -2.26. The number of nitrogens with zero attached hydrogens (tertiary/aromatic N) is 4. The molecule has 0 aliphatic heterocycles. The van der Waals surface area contributed by atoms with Crippen LogP contribution in [0.5, 0.6) is 0 Å². The molecule has 4 unspecified atom stereocenters. The quantitative estimate of drug-likeness (QED) is 0.221. The molecule has 10 heteroatoms. The Kier molecular flexibility index (Phi) is 7.11. The van der Waals surface area contributed by atoms with Crippen molar-refractivity contribution in [2.24, 2.45) is 5.41 Å². The van der Waals surface area contributed by atoms with Gasteiger partial charge in [-0.05, 0) is 31.4 Å². The van der Waals surface area contributed by atoms with Crippen molar-refractivity contribution < 1.29 is 19.8 Å². The fourth-order valence-electron chi connectivity index (χ4n) is 4.92. The fourth-order valence-corrected chi connectivity index (χ4v) is 4.92. The van der Waals surface area contributed by atoms with Crippen molar-refractivity contribution in [3.63, 3.8) is 0 Å². The summed E-state index contributed by atoms with van der Waals surface area (Å²) in [7, 11) is 1.49. The van der Waals surface area contributed by atoms with Crippen molar-refractivity contribution >= 4 is 28.7 Å². The van der Waals surface area contributed by atoms with Crippen molar-refractivity contribution in [1.82, 2.24) is 24.8 Å². The highest BCUT2D eigenvalue weighted by Crippen LogP contribution is 2.45. The summed E-state index contributed by atoms with van der Waals surface area (Å²) in [6, 6.07) is 17.6. The van der Waals surface area contributed by atoms with Crippen LogP contribution in [0.15, 0.2) is 67.0 Å². The molecule has 1 fully saturated rings. The molecule has 0 saturated heterocycles. The van der Waals surface area contributed by atoms with Gasteiger partial charge in [-0.2, -0.15) is 0 Å². The number of aromatic nitrogens is 4. The van der Waals surface area contributed by atoms with Gasteiger partial charge >= 0.3 is 0 Å². The minimum absolute atomic E-state index is 0.0337. The average Bonchev–Trinajstić information content (AvgIpc) is 3.50. The first-order valence-electron chi connectivity index (χ1n) is 12.5. The topological polar surface area (TPSA) is 142 Å². The molecule has 4 N–H and O–H groups in total. The minimum Gasteiger partial charge on any atom is -0.389 e. The monoisotopic (exact) mass is 524 g/mol. The maximum Gasteiger partial charge on any atom is 0.228 e. The van der Waals surface area contributed by atoms with Gasteiger partial charge in [0, 0.05) is 18.2 Å². The van der Waals surface area contributed by atoms with E-state index >= 15 is 0 Å². The first-order valence-corrected chi connectivity index (χ1v) is 12.5. The summed E-state index contributed by atoms with van der Waals surface area (Å²) < 4.78 is 1.64. The van der Waals surface area contributed by atoms with E-state index in [0.29, 0.717) is 22.5 Å². The Morgan fingerprint density at radius 1 is 1.05 bits per heavy atom. The first kappa shape index (κ1) is 26.0. The number of hydrogen-bond donors (Lipinski definition) is 4. The van der Waals surface area contributed by atoms with E-state index in [1.807, 2.05) is 36.4 Å². The molecule has 39 heavy (non-hydrogen) atoms. The van der Waals surface area contributed by atoms with E-state index < -0.39 is 23.7 Å². The van der Waals surface area contributed by atoms with E-state index in [4.69, 9.17) is 0 Å². The number of ketones is 1. The first-order chi connectivity index (χ1) is 18.8. The van der Waals surface area contributed by atoms with Crippen LogP contribution in [0.2, 0.25) is 0 Å². The number of imidazole rings is 1. The highest BCUT2D eigenvalue weighted by Gasteiger charge is 2.54. The number of hydrogen-bond acceptors (Lipinski definition) is 8. The SMILES string of the molecule is CNC(=O)C1(C)CC(n2cnc3c(NCC(=O)c4ccccc4)nc(C#Cc4ccccc4)nc32)C(O)C1O. The number of carbonyl (C=O) groups excluding carboxylic acids is 2. The third-order valence-corrected chi connectivity index (χ3v) is 7.13. The van der Waals surface area contributed by atoms with Gasteiger partial charge < -0.3 is 25.4 Å². The molecule has 1 amide bonds. The lowest BCUT2D eigenvalue weighted by molar-refractivity contribution is -0.136. The zero-order chi connectivity index (χ0) is 27.6. The van der Waals surface area contributed by atoms with Gasteiger partial charge in [0.2, 0.25) is 11.7 Å². The summed E-state index contributed by atoms with van der Waals surface area (Å²) in [5.74, 6) is 6.00. The van der Waals surface area contributed by atoms with Crippen molar-refractivity contribution in [1.29, 1.82) is 0 Å². The summed E-state index contributed by atoms with van der Waals surface area (Å²) in [6.07, 6.45) is -0.881. The van der Waals surface area contributed by atoms with Crippen LogP contribution in [-0.2, 0) is 4.79 Å². The van der Waals surface area contributed by atoms with Gasteiger partial charge in [0.05, 0.1) is 30.4 Å². The van der Waals surface area contributed by atoms with Crippen molar-refractivity contribution in [3.8, 4) is 11.8 Å². The number of anilines is 1. The lowest BCUT2D eigenvalue weighted by atomic mass is 9.85. The zero-order valence-corrected chi connectivity index (χ0v) is 21.5. The molecule has 1 saturated carbocycles. The summed E-state index contributed by atoms with van der Waals surface area (Å²) in [6.45, 7) is 1.58. The molecule has 0 spiro atoms. The van der Waals surface area contributed by atoms with Crippen LogP contribution >= 0.6 is 0 Å². The summed E-state index contributed by atoms with van der Waals surface area (Å²) in [5.41, 5.74) is 0.855. The molecule has 2 aromatic carbocycles. The molecule has 5 rings (SSSR count). The summed E-state index contributed by atoms with van der Waals surface area (Å²) >= 11 is 0. The number of fused-ring (bicyclic) bond motifs is 1. The van der Waals surface area contributed by atoms with E-state index in [0.717, 1.165) is 5.56 Å². The third-order valence-electron chi connectivity index (χ3n) is 7.13. The van der Waals surface area contributed by atoms with Crippen LogP contribution in [0.3, 0.4) is 0 Å². The maximum absolute atomic E-state index is 12.7. The molecule has 4 atom stereocenters. The number of rotatable bonds is 6. The molecule has 10 nitrogen and oxygen atoms in total. The fraction of sp³-hybridized carbons (Fsp3) is 0.276. The smallest absolute Gasteiger partial charge is 0.228 e. The average molecular weight is 525 g/mol. The van der Waals surface area contributed by atoms with Crippen LogP contribution in [0.4, 0.5) is 5.82 Å². The van der Waals surface area contributed by atoms with Gasteiger partial charge in [-0.15, -0.1) is 0 Å². The van der Waals surface area contributed by atoms with E-state index in [1.165, 1.54) is 13.4 Å². The Morgan fingerprint density at radius 3 is 2.44 bits per heavy atom. The Balaban J connectivity index is 1.54. The van der Waals surface area contributed by atoms with Gasteiger partial charge in [0.25, 0.3) is 0 Å². The van der Waals surface area contributed by atoms with Crippen LogP contribution < -0.4 is 10.6 Å². The summed E-state index contributed by atoms with van der Waals surface area (Å²) in [4.78, 5) is 38.9. The maximum atomic E-state index is 12.7.